The average molecular weight is 464 g/mol. The van der Waals surface area contributed by atoms with Gasteiger partial charge in [0, 0.05) is 42.9 Å². The minimum atomic E-state index is -0.970. The van der Waals surface area contributed by atoms with E-state index < -0.39 is 5.60 Å². The maximum atomic E-state index is 12.3. The van der Waals surface area contributed by atoms with Crippen LogP contribution in [-0.2, 0) is 16.9 Å². The van der Waals surface area contributed by atoms with E-state index >= 15 is 0 Å². The van der Waals surface area contributed by atoms with E-state index in [1.54, 1.807) is 4.90 Å². The number of nitrogens with one attached hydrogen (secondary N) is 1. The van der Waals surface area contributed by atoms with Gasteiger partial charge >= 0.3 is 12.1 Å². The molecule has 2 heterocycles. The standard InChI is InChI=1S/C22H30ClN5O4/c1-13(2)31-21(29)28-8-7-27(11-14(28)3)12-16-9-17(23)10-18(15(16)4)24-20-26-25-19(32-20)22(30)5-6-22/h9-10,13-14,30H,5-8,11-12H2,1-4H3,(H,24,26)/t14-/m0/s1. The molecule has 1 atom stereocenters. The molecular weight excluding hydrogens is 434 g/mol. The van der Waals surface area contributed by atoms with Crippen LogP contribution in [0, 0.1) is 6.92 Å². The van der Waals surface area contributed by atoms with Crippen LogP contribution in [0.3, 0.4) is 0 Å². The third-order valence-electron chi connectivity index (χ3n) is 5.94. The lowest BCUT2D eigenvalue weighted by Gasteiger charge is -2.39. The fourth-order valence-electron chi connectivity index (χ4n) is 3.90. The highest BCUT2D eigenvalue weighted by Gasteiger charge is 2.47. The minimum absolute atomic E-state index is 0.0529. The van der Waals surface area contributed by atoms with Crippen molar-refractivity contribution in [2.24, 2.45) is 0 Å². The van der Waals surface area contributed by atoms with Gasteiger partial charge in [-0.1, -0.05) is 16.7 Å². The minimum Gasteiger partial charge on any atom is -0.447 e. The molecule has 9 nitrogen and oxygen atoms in total. The molecule has 0 unspecified atom stereocenters. The normalized spacial score (nSPS) is 20.5. The predicted molar refractivity (Wildman–Crippen MR) is 120 cm³/mol. The molecule has 0 bridgehead atoms. The summed E-state index contributed by atoms with van der Waals surface area (Å²) in [6.45, 7) is 10.6. The van der Waals surface area contributed by atoms with Crippen molar-refractivity contribution in [3.63, 3.8) is 0 Å². The van der Waals surface area contributed by atoms with Gasteiger partial charge < -0.3 is 24.5 Å². The molecule has 4 rings (SSSR count). The second kappa shape index (κ2) is 8.88. The number of amides is 1. The highest BCUT2D eigenvalue weighted by atomic mass is 35.5. The van der Waals surface area contributed by atoms with Crippen molar-refractivity contribution in [1.82, 2.24) is 20.0 Å². The number of nitrogens with zero attached hydrogens (tertiary/aromatic N) is 4. The summed E-state index contributed by atoms with van der Waals surface area (Å²) < 4.78 is 10.9. The first-order chi connectivity index (χ1) is 15.1. The van der Waals surface area contributed by atoms with Crippen LogP contribution >= 0.6 is 11.6 Å². The van der Waals surface area contributed by atoms with Gasteiger partial charge in [-0.25, -0.2) is 4.79 Å². The molecule has 2 fully saturated rings. The van der Waals surface area contributed by atoms with E-state index in [1.165, 1.54) is 0 Å². The van der Waals surface area contributed by atoms with Crippen molar-refractivity contribution in [3.8, 4) is 0 Å². The summed E-state index contributed by atoms with van der Waals surface area (Å²) in [5.74, 6) is 0.239. The lowest BCUT2D eigenvalue weighted by Crippen LogP contribution is -2.54. The lowest BCUT2D eigenvalue weighted by atomic mass is 10.0. The summed E-state index contributed by atoms with van der Waals surface area (Å²) in [4.78, 5) is 16.4. The molecule has 0 spiro atoms. The zero-order chi connectivity index (χ0) is 23.0. The molecule has 1 amide bonds. The molecular formula is C22H30ClN5O4. The van der Waals surface area contributed by atoms with Crippen LogP contribution in [0.25, 0.3) is 0 Å². The number of aliphatic hydroxyl groups is 1. The van der Waals surface area contributed by atoms with Crippen LogP contribution in [0.5, 0.6) is 0 Å². The Morgan fingerprint density at radius 2 is 2.12 bits per heavy atom. The molecule has 1 saturated carbocycles. The van der Waals surface area contributed by atoms with E-state index in [2.05, 4.69) is 20.4 Å². The van der Waals surface area contributed by atoms with Gasteiger partial charge in [0.05, 0.1) is 6.10 Å². The van der Waals surface area contributed by atoms with E-state index in [1.807, 2.05) is 39.8 Å². The smallest absolute Gasteiger partial charge is 0.410 e. The highest BCUT2D eigenvalue weighted by Crippen LogP contribution is 2.45. The van der Waals surface area contributed by atoms with Crippen LogP contribution in [0.4, 0.5) is 16.5 Å². The van der Waals surface area contributed by atoms with Gasteiger partial charge in [0.2, 0.25) is 5.89 Å². The summed E-state index contributed by atoms with van der Waals surface area (Å²) in [7, 11) is 0. The SMILES string of the molecule is Cc1c(CN2CCN(C(=O)OC(C)C)[C@@H](C)C2)cc(Cl)cc1Nc1nnc(C2(O)CC2)o1. The van der Waals surface area contributed by atoms with Gasteiger partial charge in [0.15, 0.2) is 0 Å². The molecule has 1 aromatic carbocycles. The summed E-state index contributed by atoms with van der Waals surface area (Å²) in [6.07, 6.45) is 0.883. The van der Waals surface area contributed by atoms with Crippen molar-refractivity contribution in [2.45, 2.75) is 64.8 Å². The van der Waals surface area contributed by atoms with E-state index in [0.717, 1.165) is 29.9 Å². The fraction of sp³-hybridized carbons (Fsp3) is 0.591. The zero-order valence-electron chi connectivity index (χ0n) is 18.9. The Labute approximate surface area is 192 Å². The number of ether oxygens (including phenoxy) is 1. The zero-order valence-corrected chi connectivity index (χ0v) is 19.6. The quantitative estimate of drug-likeness (QED) is 0.666. The van der Waals surface area contributed by atoms with E-state index in [-0.39, 0.29) is 30.1 Å². The van der Waals surface area contributed by atoms with Crippen molar-refractivity contribution in [3.05, 3.63) is 34.2 Å². The molecule has 0 radical (unpaired) electrons. The van der Waals surface area contributed by atoms with Crippen LogP contribution in [0.15, 0.2) is 16.5 Å². The Bertz CT molecular complexity index is 991. The third kappa shape index (κ3) is 5.00. The van der Waals surface area contributed by atoms with Crippen molar-refractivity contribution >= 4 is 29.4 Å². The molecule has 2 N–H and O–H groups in total. The summed E-state index contributed by atoms with van der Waals surface area (Å²) >= 11 is 6.40. The number of carbonyl (C=O) groups excluding carboxylic acids is 1. The molecule has 1 aliphatic carbocycles. The second-order valence-electron chi connectivity index (χ2n) is 9.02. The largest absolute Gasteiger partial charge is 0.447 e. The second-order valence-corrected chi connectivity index (χ2v) is 9.45. The number of piperazine rings is 1. The van der Waals surface area contributed by atoms with Crippen molar-refractivity contribution in [1.29, 1.82) is 0 Å². The first-order valence-electron chi connectivity index (χ1n) is 11.0. The van der Waals surface area contributed by atoms with Crippen LogP contribution < -0.4 is 5.32 Å². The van der Waals surface area contributed by atoms with Crippen LogP contribution in [0.2, 0.25) is 5.02 Å². The molecule has 174 valence electrons. The number of carbonyl (C=O) groups is 1. The van der Waals surface area contributed by atoms with E-state index in [9.17, 15) is 9.90 Å². The maximum absolute atomic E-state index is 12.3. The molecule has 1 aliphatic heterocycles. The third-order valence-corrected chi connectivity index (χ3v) is 6.16. The average Bonchev–Trinajstić information content (AvgIpc) is 3.28. The molecule has 10 heteroatoms. The summed E-state index contributed by atoms with van der Waals surface area (Å²) in [5, 5.41) is 21.8. The van der Waals surface area contributed by atoms with Gasteiger partial charge in [0.1, 0.15) is 5.60 Å². The van der Waals surface area contributed by atoms with E-state index in [0.29, 0.717) is 31.0 Å². The monoisotopic (exact) mass is 463 g/mol. The topological polar surface area (TPSA) is 104 Å². The first kappa shape index (κ1) is 22.8. The van der Waals surface area contributed by atoms with Gasteiger partial charge in [-0.05, 0) is 63.8 Å². The maximum Gasteiger partial charge on any atom is 0.410 e. The van der Waals surface area contributed by atoms with Gasteiger partial charge in [-0.15, -0.1) is 5.10 Å². The number of benzene rings is 1. The number of hydrogen-bond donors (Lipinski definition) is 2. The number of aromatic nitrogens is 2. The molecule has 32 heavy (non-hydrogen) atoms. The van der Waals surface area contributed by atoms with Crippen LogP contribution in [0.1, 0.15) is 50.6 Å². The number of halogens is 1. The fourth-order valence-corrected chi connectivity index (χ4v) is 4.14. The number of rotatable bonds is 6. The van der Waals surface area contributed by atoms with Gasteiger partial charge in [0.25, 0.3) is 0 Å². The highest BCUT2D eigenvalue weighted by molar-refractivity contribution is 6.31. The van der Waals surface area contributed by atoms with Gasteiger partial charge in [-0.2, -0.15) is 0 Å². The molecule has 2 aromatic rings. The predicted octanol–water partition coefficient (Wildman–Crippen LogP) is 3.81. The first-order valence-corrected chi connectivity index (χ1v) is 11.3. The van der Waals surface area contributed by atoms with Gasteiger partial charge in [-0.3, -0.25) is 4.90 Å². The summed E-state index contributed by atoms with van der Waals surface area (Å²) in [6, 6.07) is 4.05. The molecule has 1 aromatic heterocycles. The van der Waals surface area contributed by atoms with Crippen LogP contribution in [-0.4, -0.2) is 63.0 Å². The Morgan fingerprint density at radius 1 is 1.38 bits per heavy atom. The van der Waals surface area contributed by atoms with Crippen molar-refractivity contribution < 1.29 is 19.1 Å². The Balaban J connectivity index is 1.43. The Kier molecular flexibility index (Phi) is 6.33. The number of hydrogen-bond acceptors (Lipinski definition) is 8. The number of anilines is 2. The van der Waals surface area contributed by atoms with Crippen molar-refractivity contribution in [2.75, 3.05) is 25.0 Å². The van der Waals surface area contributed by atoms with E-state index in [4.69, 9.17) is 20.8 Å². The Hall–Kier alpha value is -2.36. The Morgan fingerprint density at radius 3 is 2.78 bits per heavy atom. The molecule has 2 aliphatic rings. The lowest BCUT2D eigenvalue weighted by molar-refractivity contribution is 0.0349. The summed E-state index contributed by atoms with van der Waals surface area (Å²) in [5.41, 5.74) is 1.90. The molecule has 1 saturated heterocycles.